The first kappa shape index (κ1) is 16.4. The normalized spacial score (nSPS) is 25.9. The molecule has 7 heteroatoms. The van der Waals surface area contributed by atoms with Crippen LogP contribution in [0.1, 0.15) is 17.5 Å². The van der Waals surface area contributed by atoms with E-state index in [9.17, 15) is 0 Å². The molecular weight excluding hydrogens is 379 g/mol. The summed E-state index contributed by atoms with van der Waals surface area (Å²) in [6.07, 6.45) is 14.1. The number of hydrogen-bond donors (Lipinski definition) is 2. The zero-order chi connectivity index (χ0) is 18.4. The van der Waals surface area contributed by atoms with Crippen molar-refractivity contribution in [2.45, 2.75) is 11.8 Å². The van der Waals surface area contributed by atoms with Gasteiger partial charge >= 0.3 is 21.0 Å². The molecule has 131 valence electrons. The predicted molar refractivity (Wildman–Crippen MR) is 97.3 cm³/mol. The number of epoxide rings is 1. The third-order valence-electron chi connectivity index (χ3n) is 4.76. The minimum absolute atomic E-state index is 0.0552. The van der Waals surface area contributed by atoms with Gasteiger partial charge in [0.05, 0.1) is 22.8 Å². The summed E-state index contributed by atoms with van der Waals surface area (Å²) in [4.78, 5) is 16.2. The van der Waals surface area contributed by atoms with Gasteiger partial charge in [-0.1, -0.05) is 0 Å². The Bertz CT molecular complexity index is 1210. The van der Waals surface area contributed by atoms with Crippen molar-refractivity contribution in [3.05, 3.63) is 82.4 Å². The van der Waals surface area contributed by atoms with Crippen LogP contribution in [-0.2, 0) is 25.8 Å². The SMILES string of the molecule is C1=CC2=NC1=CC1=NC3(C=C1)OC3c1ccc([nH]1)C=c1ccc([nH]1)=C2.[O]=[V]. The summed E-state index contributed by atoms with van der Waals surface area (Å²) < 4.78 is 14.1. The van der Waals surface area contributed by atoms with Gasteiger partial charge in [-0.2, -0.15) is 0 Å². The number of aromatic nitrogens is 2. The van der Waals surface area contributed by atoms with Crippen LogP contribution in [0, 0.1) is 0 Å². The van der Waals surface area contributed by atoms with Crippen LogP contribution in [0.4, 0.5) is 0 Å². The average Bonchev–Trinajstić information content (AvgIpc) is 3.21. The Balaban J connectivity index is 0.000000777. The van der Waals surface area contributed by atoms with E-state index in [1.165, 1.54) is 0 Å². The second kappa shape index (κ2) is 6.13. The van der Waals surface area contributed by atoms with Crippen LogP contribution in [0.5, 0.6) is 0 Å². The third kappa shape index (κ3) is 2.88. The molecule has 1 fully saturated rings. The molecule has 2 unspecified atom stereocenters. The number of hydrogen-bond acceptors (Lipinski definition) is 4. The van der Waals surface area contributed by atoms with Gasteiger partial charge in [-0.05, 0) is 66.8 Å². The van der Waals surface area contributed by atoms with Crippen molar-refractivity contribution in [1.29, 1.82) is 0 Å². The van der Waals surface area contributed by atoms with Crippen molar-refractivity contribution < 1.29 is 25.8 Å². The van der Waals surface area contributed by atoms with Crippen molar-refractivity contribution in [1.82, 2.24) is 9.97 Å². The number of nitrogens with one attached hydrogen (secondary N) is 2. The first-order valence-electron chi connectivity index (χ1n) is 8.47. The summed E-state index contributed by atoms with van der Waals surface area (Å²) in [5, 5.41) is 2.06. The van der Waals surface area contributed by atoms with Gasteiger partial charge in [-0.25, -0.2) is 9.98 Å². The minimum atomic E-state index is -0.549. The molecule has 4 aliphatic heterocycles. The molecule has 4 aliphatic rings. The zero-order valence-electron chi connectivity index (χ0n) is 14.1. The fourth-order valence-electron chi connectivity index (χ4n) is 3.51. The van der Waals surface area contributed by atoms with E-state index in [1.807, 2.05) is 36.5 Å². The Morgan fingerprint density at radius 3 is 2.67 bits per heavy atom. The Morgan fingerprint density at radius 2 is 1.78 bits per heavy atom. The molecule has 1 saturated heterocycles. The predicted octanol–water partition coefficient (Wildman–Crippen LogP) is 1.52. The molecule has 2 aromatic heterocycles. The summed E-state index contributed by atoms with van der Waals surface area (Å²) in [6.45, 7) is 0. The molecule has 8 bridgehead atoms. The van der Waals surface area contributed by atoms with Crippen LogP contribution in [0.3, 0.4) is 0 Å². The molecule has 6 rings (SSSR count). The average molecular weight is 393 g/mol. The molecule has 0 saturated carbocycles. The van der Waals surface area contributed by atoms with E-state index in [4.69, 9.17) is 13.4 Å². The Labute approximate surface area is 163 Å². The van der Waals surface area contributed by atoms with Crippen molar-refractivity contribution in [3.63, 3.8) is 0 Å². The van der Waals surface area contributed by atoms with E-state index >= 15 is 0 Å². The molecule has 1 spiro atoms. The van der Waals surface area contributed by atoms with Gasteiger partial charge in [-0.3, -0.25) is 0 Å². The van der Waals surface area contributed by atoms with E-state index in [2.05, 4.69) is 45.3 Å². The maximum absolute atomic E-state index is 8.19. The molecule has 2 N–H and O–H groups in total. The van der Waals surface area contributed by atoms with Crippen LogP contribution in [-0.4, -0.2) is 27.1 Å². The van der Waals surface area contributed by atoms with E-state index in [1.54, 1.807) is 0 Å². The van der Waals surface area contributed by atoms with Gasteiger partial charge in [0, 0.05) is 16.4 Å². The number of nitrogens with zero attached hydrogens (tertiary/aromatic N) is 2. The summed E-state index contributed by atoms with van der Waals surface area (Å²) in [5.41, 5.74) is 4.24. The number of rotatable bonds is 0. The van der Waals surface area contributed by atoms with Gasteiger partial charge in [0.15, 0.2) is 6.10 Å². The van der Waals surface area contributed by atoms with Crippen LogP contribution in [0.15, 0.2) is 70.3 Å². The monoisotopic (exact) mass is 393 g/mol. The van der Waals surface area contributed by atoms with Crippen molar-refractivity contribution >= 4 is 23.6 Å². The first-order valence-corrected chi connectivity index (χ1v) is 9.04. The topological polar surface area (TPSA) is 85.9 Å². The number of aliphatic imine (C=N–C) groups is 2. The molecule has 0 amide bonds. The number of allylic oxidation sites excluding steroid dienone is 4. The van der Waals surface area contributed by atoms with E-state index in [0.717, 1.165) is 56.6 Å². The molecule has 6 heterocycles. The number of fused-ring (bicyclic) bond motifs is 6. The van der Waals surface area contributed by atoms with E-state index in [0.29, 0.717) is 0 Å². The Kier molecular flexibility index (Phi) is 3.72. The summed E-state index contributed by atoms with van der Waals surface area (Å²) in [5.74, 6) is 0. The zero-order valence-corrected chi connectivity index (χ0v) is 15.5. The third-order valence-corrected chi connectivity index (χ3v) is 4.76. The van der Waals surface area contributed by atoms with Gasteiger partial charge in [0.1, 0.15) is 0 Å². The second-order valence-corrected chi connectivity index (χ2v) is 6.59. The summed E-state index contributed by atoms with van der Waals surface area (Å²) >= 11 is 1.06. The number of ether oxygens (including phenoxy) is 1. The van der Waals surface area contributed by atoms with Crippen molar-refractivity contribution in [2.75, 3.05) is 0 Å². The first-order chi connectivity index (χ1) is 13.3. The van der Waals surface area contributed by atoms with Crippen LogP contribution >= 0.6 is 0 Å². The molecule has 2 aromatic rings. The fourth-order valence-corrected chi connectivity index (χ4v) is 3.51. The maximum atomic E-state index is 8.19. The van der Waals surface area contributed by atoms with Crippen LogP contribution in [0.2, 0.25) is 0 Å². The summed E-state index contributed by atoms with van der Waals surface area (Å²) in [6, 6.07) is 8.24. The van der Waals surface area contributed by atoms with Gasteiger partial charge in [0.25, 0.3) is 0 Å². The Morgan fingerprint density at radius 1 is 0.926 bits per heavy atom. The molecule has 27 heavy (non-hydrogen) atoms. The number of aromatic amines is 2. The fraction of sp³-hybridized carbons (Fsp3) is 0.100. The van der Waals surface area contributed by atoms with Crippen molar-refractivity contribution in [3.8, 4) is 0 Å². The van der Waals surface area contributed by atoms with Gasteiger partial charge < -0.3 is 14.7 Å². The van der Waals surface area contributed by atoms with Gasteiger partial charge in [-0.15, -0.1) is 0 Å². The summed E-state index contributed by atoms with van der Waals surface area (Å²) in [7, 11) is 0. The van der Waals surface area contributed by atoms with E-state index < -0.39 is 5.72 Å². The van der Waals surface area contributed by atoms with Gasteiger partial charge in [0.2, 0.25) is 5.72 Å². The second-order valence-electron chi connectivity index (χ2n) is 6.59. The quantitative estimate of drug-likeness (QED) is 0.665. The van der Waals surface area contributed by atoms with Crippen LogP contribution in [0.25, 0.3) is 12.2 Å². The van der Waals surface area contributed by atoms with Crippen molar-refractivity contribution in [2.24, 2.45) is 9.98 Å². The molecule has 2 atom stereocenters. The molecule has 0 aliphatic carbocycles. The molecular formula is C20H14N4O2V. The Hall–Kier alpha value is -2.80. The molecule has 6 nitrogen and oxygen atoms in total. The number of H-pyrrole nitrogens is 2. The van der Waals surface area contributed by atoms with E-state index in [-0.39, 0.29) is 6.10 Å². The van der Waals surface area contributed by atoms with Crippen LogP contribution < -0.4 is 10.7 Å². The molecule has 0 aromatic carbocycles. The molecule has 0 radical (unpaired) electrons. The standard InChI is InChI=1S/C20H14N4O.O.V/c1-2-14-10-16-5-6-18(23-16)19-20(25-19)8-7-17(24-20)11-15-4-3-13(22-15)9-12(1)21-14;;/h1-11,19,21,23H;;.